The average molecular weight is 391 g/mol. The summed E-state index contributed by atoms with van der Waals surface area (Å²) < 4.78 is 5.70. The van der Waals surface area contributed by atoms with Gasteiger partial charge in [-0.3, -0.25) is 4.98 Å². The number of para-hydroxylation sites is 1. The molecule has 2 aromatic rings. The molecular formula is C24H30N4O. The zero-order valence-electron chi connectivity index (χ0n) is 17.3. The van der Waals surface area contributed by atoms with E-state index in [1.807, 2.05) is 12.3 Å². The van der Waals surface area contributed by atoms with E-state index < -0.39 is 0 Å². The molecule has 6 rings (SSSR count). The van der Waals surface area contributed by atoms with Crippen molar-refractivity contribution in [3.63, 3.8) is 0 Å². The fourth-order valence-corrected chi connectivity index (χ4v) is 6.05. The van der Waals surface area contributed by atoms with Gasteiger partial charge in [0.15, 0.2) is 0 Å². The summed E-state index contributed by atoms with van der Waals surface area (Å²) in [6.45, 7) is 6.72. The zero-order valence-corrected chi connectivity index (χ0v) is 17.3. The summed E-state index contributed by atoms with van der Waals surface area (Å²) in [7, 11) is 2.24. The summed E-state index contributed by atoms with van der Waals surface area (Å²) in [5.74, 6) is 1.72. The number of aromatic nitrogens is 1. The van der Waals surface area contributed by atoms with Crippen molar-refractivity contribution in [2.75, 3.05) is 56.2 Å². The van der Waals surface area contributed by atoms with Gasteiger partial charge >= 0.3 is 0 Å². The molecule has 4 aliphatic rings. The molecule has 0 amide bonds. The number of benzene rings is 1. The van der Waals surface area contributed by atoms with Crippen molar-refractivity contribution in [3.05, 3.63) is 47.3 Å². The van der Waals surface area contributed by atoms with Crippen LogP contribution in [0, 0.1) is 0 Å². The van der Waals surface area contributed by atoms with E-state index in [-0.39, 0.29) is 0 Å². The number of rotatable bonds is 4. The van der Waals surface area contributed by atoms with E-state index in [0.717, 1.165) is 31.7 Å². The van der Waals surface area contributed by atoms with Crippen molar-refractivity contribution >= 4 is 11.4 Å². The fourth-order valence-electron chi connectivity index (χ4n) is 6.05. The molecule has 1 saturated heterocycles. The number of anilines is 2. The van der Waals surface area contributed by atoms with Crippen LogP contribution in [0.1, 0.15) is 35.6 Å². The van der Waals surface area contributed by atoms with Crippen molar-refractivity contribution in [1.82, 2.24) is 9.88 Å². The average Bonchev–Trinajstić information content (AvgIpc) is 3.35. The summed E-state index contributed by atoms with van der Waals surface area (Å²) in [6.07, 6.45) is 6.46. The minimum Gasteiger partial charge on any atom is -0.493 e. The summed E-state index contributed by atoms with van der Waals surface area (Å²) in [5.41, 5.74) is 7.15. The molecule has 4 aliphatic heterocycles. The molecule has 0 radical (unpaired) electrons. The molecule has 1 fully saturated rings. The van der Waals surface area contributed by atoms with E-state index in [2.05, 4.69) is 44.9 Å². The third-order valence-corrected chi connectivity index (χ3v) is 7.48. The van der Waals surface area contributed by atoms with E-state index in [0.29, 0.717) is 12.0 Å². The van der Waals surface area contributed by atoms with Crippen LogP contribution in [0.3, 0.4) is 0 Å². The van der Waals surface area contributed by atoms with Crippen LogP contribution in [0.4, 0.5) is 11.4 Å². The Morgan fingerprint density at radius 1 is 1.17 bits per heavy atom. The second-order valence-corrected chi connectivity index (χ2v) is 9.03. The van der Waals surface area contributed by atoms with Crippen LogP contribution in [-0.4, -0.2) is 62.3 Å². The molecule has 2 atom stereocenters. The molecule has 0 saturated carbocycles. The van der Waals surface area contributed by atoms with Crippen LogP contribution in [0.15, 0.2) is 30.5 Å². The molecular weight excluding hydrogens is 360 g/mol. The predicted molar refractivity (Wildman–Crippen MR) is 116 cm³/mol. The van der Waals surface area contributed by atoms with Gasteiger partial charge in [0.05, 0.1) is 18.0 Å². The van der Waals surface area contributed by atoms with Gasteiger partial charge in [0.25, 0.3) is 0 Å². The fraction of sp³-hybridized carbons (Fsp3) is 0.542. The molecule has 0 bridgehead atoms. The summed E-state index contributed by atoms with van der Waals surface area (Å²) in [4.78, 5) is 12.5. The lowest BCUT2D eigenvalue weighted by molar-refractivity contribution is 0.191. The minimum atomic E-state index is 0.665. The number of piperidine rings is 1. The molecule has 0 N–H and O–H groups in total. The van der Waals surface area contributed by atoms with Crippen molar-refractivity contribution in [2.24, 2.45) is 0 Å². The molecule has 29 heavy (non-hydrogen) atoms. The van der Waals surface area contributed by atoms with Crippen molar-refractivity contribution in [3.8, 4) is 5.75 Å². The van der Waals surface area contributed by atoms with Gasteiger partial charge in [-0.1, -0.05) is 12.1 Å². The van der Waals surface area contributed by atoms with Crippen LogP contribution in [0.2, 0.25) is 0 Å². The van der Waals surface area contributed by atoms with Gasteiger partial charge in [0.1, 0.15) is 5.75 Å². The molecule has 152 valence electrons. The third kappa shape index (κ3) is 2.82. The van der Waals surface area contributed by atoms with Crippen LogP contribution in [0.25, 0.3) is 0 Å². The highest BCUT2D eigenvalue weighted by molar-refractivity contribution is 5.80. The van der Waals surface area contributed by atoms with E-state index in [9.17, 15) is 0 Å². The first-order valence-corrected chi connectivity index (χ1v) is 11.2. The van der Waals surface area contributed by atoms with Gasteiger partial charge < -0.3 is 19.4 Å². The van der Waals surface area contributed by atoms with Crippen LogP contribution >= 0.6 is 0 Å². The first-order chi connectivity index (χ1) is 14.3. The normalized spacial score (nSPS) is 24.9. The van der Waals surface area contributed by atoms with E-state index in [1.54, 1.807) is 5.56 Å². The van der Waals surface area contributed by atoms with Gasteiger partial charge in [-0.2, -0.15) is 0 Å². The number of ether oxygens (including phenoxy) is 1. The largest absolute Gasteiger partial charge is 0.493 e. The molecule has 0 aliphatic carbocycles. The Hall–Kier alpha value is -2.27. The van der Waals surface area contributed by atoms with Crippen molar-refractivity contribution in [1.29, 1.82) is 0 Å². The highest BCUT2D eigenvalue weighted by Crippen LogP contribution is 2.50. The van der Waals surface area contributed by atoms with E-state index in [1.165, 1.54) is 61.7 Å². The van der Waals surface area contributed by atoms with Crippen LogP contribution < -0.4 is 14.5 Å². The van der Waals surface area contributed by atoms with E-state index >= 15 is 0 Å². The first kappa shape index (κ1) is 17.6. The SMILES string of the molecule is CN1CCN2c3c(cccc31)[C@@H]1CN(CCCc3nccc4c3CCO4)CC[C@@H]12. The number of hydrogen-bond donors (Lipinski definition) is 0. The zero-order chi connectivity index (χ0) is 19.4. The topological polar surface area (TPSA) is 31.8 Å². The molecule has 1 aromatic carbocycles. The number of fused-ring (bicyclic) bond motifs is 4. The standard InChI is InChI=1S/C24H30N4O/c1-26-13-14-28-21-8-12-27(16-19(21)17-4-2-6-22(26)24(17)28)11-3-5-20-18-9-15-29-23(18)7-10-25-20/h2,4,6-7,10,19,21H,3,5,8-9,11-16H2,1H3/t19-,21-/m0/s1. The van der Waals surface area contributed by atoms with Gasteiger partial charge in [0.2, 0.25) is 0 Å². The van der Waals surface area contributed by atoms with Gasteiger partial charge in [-0.15, -0.1) is 0 Å². The second-order valence-electron chi connectivity index (χ2n) is 9.03. The lowest BCUT2D eigenvalue weighted by Crippen LogP contribution is -2.49. The highest BCUT2D eigenvalue weighted by atomic mass is 16.5. The maximum atomic E-state index is 5.70. The lowest BCUT2D eigenvalue weighted by Gasteiger charge is -2.41. The van der Waals surface area contributed by atoms with E-state index in [4.69, 9.17) is 4.74 Å². The minimum absolute atomic E-state index is 0.665. The first-order valence-electron chi connectivity index (χ1n) is 11.2. The van der Waals surface area contributed by atoms with Gasteiger partial charge in [-0.25, -0.2) is 0 Å². The van der Waals surface area contributed by atoms with Crippen LogP contribution in [-0.2, 0) is 12.8 Å². The summed E-state index contributed by atoms with van der Waals surface area (Å²) in [6, 6.07) is 9.66. The molecule has 0 spiro atoms. The second kappa shape index (κ2) is 6.91. The Labute approximate surface area is 173 Å². The van der Waals surface area contributed by atoms with Crippen molar-refractivity contribution < 1.29 is 4.74 Å². The smallest absolute Gasteiger partial charge is 0.125 e. The Balaban J connectivity index is 1.14. The molecule has 5 nitrogen and oxygen atoms in total. The molecule has 5 heterocycles. The molecule has 1 aromatic heterocycles. The quantitative estimate of drug-likeness (QED) is 0.801. The number of likely N-dealkylation sites (N-methyl/N-ethyl adjacent to an activating group) is 1. The Kier molecular flexibility index (Phi) is 4.19. The maximum Gasteiger partial charge on any atom is 0.125 e. The van der Waals surface area contributed by atoms with Gasteiger partial charge in [-0.05, 0) is 43.5 Å². The lowest BCUT2D eigenvalue weighted by atomic mass is 9.89. The number of nitrogens with zero attached hydrogens (tertiary/aromatic N) is 4. The Morgan fingerprint density at radius 3 is 3.10 bits per heavy atom. The van der Waals surface area contributed by atoms with Gasteiger partial charge in [0, 0.05) is 69.1 Å². The Morgan fingerprint density at radius 2 is 2.14 bits per heavy atom. The predicted octanol–water partition coefficient (Wildman–Crippen LogP) is 3.08. The number of aryl methyl sites for hydroxylation is 1. The van der Waals surface area contributed by atoms with Crippen LogP contribution in [0.5, 0.6) is 5.75 Å². The summed E-state index contributed by atoms with van der Waals surface area (Å²) in [5, 5.41) is 0. The summed E-state index contributed by atoms with van der Waals surface area (Å²) >= 11 is 0. The number of pyridine rings is 1. The number of likely N-dealkylation sites (tertiary alicyclic amines) is 1. The highest BCUT2D eigenvalue weighted by Gasteiger charge is 2.44. The number of hydrogen-bond acceptors (Lipinski definition) is 5. The molecule has 5 heteroatoms. The third-order valence-electron chi connectivity index (χ3n) is 7.48. The molecule has 0 unspecified atom stereocenters. The Bertz CT molecular complexity index is 929. The van der Waals surface area contributed by atoms with Crippen molar-refractivity contribution in [2.45, 2.75) is 37.6 Å². The maximum absolute atomic E-state index is 5.70. The monoisotopic (exact) mass is 390 g/mol.